The Bertz CT molecular complexity index is 539. The molecule has 1 atom stereocenters. The lowest BCUT2D eigenvalue weighted by molar-refractivity contribution is -0.121. The summed E-state index contributed by atoms with van der Waals surface area (Å²) in [5, 5.41) is 5.62. The third kappa shape index (κ3) is 2.80. The first-order chi connectivity index (χ1) is 9.46. The quantitative estimate of drug-likeness (QED) is 0.827. The average Bonchev–Trinajstić information content (AvgIpc) is 2.88. The normalized spacial score (nSPS) is 21.6. The first kappa shape index (κ1) is 14.5. The Morgan fingerprint density at radius 3 is 2.80 bits per heavy atom. The van der Waals surface area contributed by atoms with Crippen LogP contribution in [0.1, 0.15) is 30.1 Å². The maximum absolute atomic E-state index is 13.7. The highest BCUT2D eigenvalue weighted by Crippen LogP contribution is 2.23. The zero-order chi connectivity index (χ0) is 14.8. The minimum atomic E-state index is -0.701. The number of ether oxygens (including phenoxy) is 1. The molecule has 1 aromatic carbocycles. The Kier molecular flexibility index (Phi) is 4.04. The van der Waals surface area contributed by atoms with Crippen molar-refractivity contribution in [2.75, 3.05) is 19.0 Å². The lowest BCUT2D eigenvalue weighted by atomic mass is 9.99. The highest BCUT2D eigenvalue weighted by molar-refractivity contribution is 5.99. The zero-order valence-electron chi connectivity index (χ0n) is 11.5. The number of nitrogens with one attached hydrogen (secondary N) is 2. The van der Waals surface area contributed by atoms with E-state index in [-0.39, 0.29) is 17.2 Å². The van der Waals surface area contributed by atoms with E-state index in [0.717, 1.165) is 19.0 Å². The van der Waals surface area contributed by atoms with Crippen molar-refractivity contribution in [3.8, 4) is 0 Å². The molecule has 1 saturated heterocycles. The van der Waals surface area contributed by atoms with Gasteiger partial charge in [0.25, 0.3) is 0 Å². The van der Waals surface area contributed by atoms with E-state index in [1.165, 1.54) is 19.2 Å². The van der Waals surface area contributed by atoms with E-state index in [2.05, 4.69) is 15.4 Å². The highest BCUT2D eigenvalue weighted by Gasteiger charge is 2.36. The molecule has 1 aromatic rings. The Hall–Kier alpha value is -1.95. The molecule has 0 saturated carbocycles. The van der Waals surface area contributed by atoms with Crippen molar-refractivity contribution < 1.29 is 18.7 Å². The number of hydrogen-bond acceptors (Lipinski definition) is 4. The lowest BCUT2D eigenvalue weighted by Gasteiger charge is -2.23. The van der Waals surface area contributed by atoms with Gasteiger partial charge in [0.05, 0.1) is 23.9 Å². The standard InChI is InChI=1S/C14H17FN2O3/c1-14(6-3-7-16-14)13(19)17-11-8-9(12(18)20-2)4-5-10(11)15/h4-5,8,16H,3,6-7H2,1-2H3,(H,17,19). The molecule has 2 rings (SSSR count). The fourth-order valence-corrected chi connectivity index (χ4v) is 2.21. The second-order valence-electron chi connectivity index (χ2n) is 5.00. The van der Waals surface area contributed by atoms with E-state index in [4.69, 9.17) is 0 Å². The van der Waals surface area contributed by atoms with Crippen LogP contribution in [0.2, 0.25) is 0 Å². The molecule has 108 valence electrons. The van der Waals surface area contributed by atoms with Gasteiger partial charge in [0.15, 0.2) is 0 Å². The highest BCUT2D eigenvalue weighted by atomic mass is 19.1. The molecule has 1 aliphatic heterocycles. The number of methoxy groups -OCH3 is 1. The number of anilines is 1. The fraction of sp³-hybridized carbons (Fsp3) is 0.429. The summed E-state index contributed by atoms with van der Waals surface area (Å²) in [5.41, 5.74) is -0.533. The third-order valence-electron chi connectivity index (χ3n) is 3.51. The van der Waals surface area contributed by atoms with Crippen molar-refractivity contribution in [1.82, 2.24) is 5.32 Å². The number of hydrogen-bond donors (Lipinski definition) is 2. The monoisotopic (exact) mass is 280 g/mol. The van der Waals surface area contributed by atoms with E-state index in [0.29, 0.717) is 6.42 Å². The molecular formula is C14H17FN2O3. The van der Waals surface area contributed by atoms with Gasteiger partial charge in [-0.2, -0.15) is 0 Å². The van der Waals surface area contributed by atoms with Crippen LogP contribution in [0.3, 0.4) is 0 Å². The molecule has 0 bridgehead atoms. The van der Waals surface area contributed by atoms with Gasteiger partial charge in [0, 0.05) is 0 Å². The molecular weight excluding hydrogens is 263 g/mol. The van der Waals surface area contributed by atoms with Gasteiger partial charge < -0.3 is 15.4 Å². The van der Waals surface area contributed by atoms with Gasteiger partial charge in [-0.15, -0.1) is 0 Å². The van der Waals surface area contributed by atoms with E-state index < -0.39 is 17.3 Å². The number of benzene rings is 1. The summed E-state index contributed by atoms with van der Waals surface area (Å²) in [6.45, 7) is 2.53. The zero-order valence-corrected chi connectivity index (χ0v) is 11.5. The van der Waals surface area contributed by atoms with Gasteiger partial charge in [-0.3, -0.25) is 4.79 Å². The Balaban J connectivity index is 2.20. The smallest absolute Gasteiger partial charge is 0.337 e. The number of rotatable bonds is 3. The van der Waals surface area contributed by atoms with Gasteiger partial charge in [-0.1, -0.05) is 0 Å². The summed E-state index contributed by atoms with van der Waals surface area (Å²) >= 11 is 0. The molecule has 1 unspecified atom stereocenters. The number of carbonyl (C=O) groups is 2. The van der Waals surface area contributed by atoms with Crippen molar-refractivity contribution in [3.63, 3.8) is 0 Å². The average molecular weight is 280 g/mol. The van der Waals surface area contributed by atoms with Crippen LogP contribution in [0, 0.1) is 5.82 Å². The topological polar surface area (TPSA) is 67.4 Å². The van der Waals surface area contributed by atoms with Crippen LogP contribution in [-0.4, -0.2) is 31.1 Å². The predicted molar refractivity (Wildman–Crippen MR) is 72.0 cm³/mol. The molecule has 1 amide bonds. The molecule has 0 radical (unpaired) electrons. The molecule has 0 aromatic heterocycles. The number of amides is 1. The van der Waals surface area contributed by atoms with Crippen molar-refractivity contribution in [2.24, 2.45) is 0 Å². The van der Waals surface area contributed by atoms with Crippen LogP contribution in [0.5, 0.6) is 0 Å². The minimum Gasteiger partial charge on any atom is -0.465 e. The van der Waals surface area contributed by atoms with E-state index in [9.17, 15) is 14.0 Å². The second kappa shape index (κ2) is 5.58. The van der Waals surface area contributed by atoms with Crippen LogP contribution in [0.4, 0.5) is 10.1 Å². The molecule has 1 heterocycles. The Morgan fingerprint density at radius 2 is 2.20 bits per heavy atom. The SMILES string of the molecule is COC(=O)c1ccc(F)c(NC(=O)C2(C)CCCN2)c1. The van der Waals surface area contributed by atoms with Crippen molar-refractivity contribution >= 4 is 17.6 Å². The molecule has 1 aliphatic rings. The van der Waals surface area contributed by atoms with Crippen LogP contribution in [0.15, 0.2) is 18.2 Å². The summed E-state index contributed by atoms with van der Waals surface area (Å²) < 4.78 is 18.3. The Labute approximate surface area is 116 Å². The van der Waals surface area contributed by atoms with Crippen LogP contribution in [-0.2, 0) is 9.53 Å². The van der Waals surface area contributed by atoms with E-state index in [1.54, 1.807) is 6.92 Å². The van der Waals surface area contributed by atoms with Crippen LogP contribution in [0.25, 0.3) is 0 Å². The van der Waals surface area contributed by atoms with Crippen LogP contribution < -0.4 is 10.6 Å². The lowest BCUT2D eigenvalue weighted by Crippen LogP contribution is -2.48. The second-order valence-corrected chi connectivity index (χ2v) is 5.00. The third-order valence-corrected chi connectivity index (χ3v) is 3.51. The molecule has 1 fully saturated rings. The molecule has 2 N–H and O–H groups in total. The summed E-state index contributed by atoms with van der Waals surface area (Å²) in [6.07, 6.45) is 1.59. The fourth-order valence-electron chi connectivity index (χ4n) is 2.21. The van der Waals surface area contributed by atoms with Crippen molar-refractivity contribution in [3.05, 3.63) is 29.6 Å². The molecule has 0 aliphatic carbocycles. The predicted octanol–water partition coefficient (Wildman–Crippen LogP) is 1.69. The summed E-state index contributed by atoms with van der Waals surface area (Å²) in [5.74, 6) is -1.48. The van der Waals surface area contributed by atoms with Crippen molar-refractivity contribution in [1.29, 1.82) is 0 Å². The van der Waals surface area contributed by atoms with Gasteiger partial charge in [-0.05, 0) is 44.5 Å². The number of halogens is 1. The first-order valence-electron chi connectivity index (χ1n) is 6.40. The van der Waals surface area contributed by atoms with E-state index in [1.807, 2.05) is 0 Å². The summed E-state index contributed by atoms with van der Waals surface area (Å²) in [6, 6.07) is 3.72. The summed E-state index contributed by atoms with van der Waals surface area (Å²) in [7, 11) is 1.24. The number of esters is 1. The summed E-state index contributed by atoms with van der Waals surface area (Å²) in [4.78, 5) is 23.6. The molecule has 20 heavy (non-hydrogen) atoms. The Morgan fingerprint density at radius 1 is 1.45 bits per heavy atom. The first-order valence-corrected chi connectivity index (χ1v) is 6.40. The number of carbonyl (C=O) groups excluding carboxylic acids is 2. The van der Waals surface area contributed by atoms with Gasteiger partial charge in [-0.25, -0.2) is 9.18 Å². The van der Waals surface area contributed by atoms with Crippen molar-refractivity contribution in [2.45, 2.75) is 25.3 Å². The van der Waals surface area contributed by atoms with Gasteiger partial charge >= 0.3 is 5.97 Å². The van der Waals surface area contributed by atoms with Gasteiger partial charge in [0.1, 0.15) is 5.82 Å². The largest absolute Gasteiger partial charge is 0.465 e. The van der Waals surface area contributed by atoms with E-state index >= 15 is 0 Å². The molecule has 5 nitrogen and oxygen atoms in total. The van der Waals surface area contributed by atoms with Gasteiger partial charge in [0.2, 0.25) is 5.91 Å². The minimum absolute atomic E-state index is 0.0205. The molecule has 6 heteroatoms. The maximum Gasteiger partial charge on any atom is 0.337 e. The molecule has 0 spiro atoms. The van der Waals surface area contributed by atoms with Crippen LogP contribution >= 0.6 is 0 Å². The maximum atomic E-state index is 13.7.